The van der Waals surface area contributed by atoms with Crippen molar-refractivity contribution in [2.75, 3.05) is 0 Å². The Morgan fingerprint density at radius 2 is 2.50 bits per heavy atom. The summed E-state index contributed by atoms with van der Waals surface area (Å²) in [5.74, 6) is 0. The monoisotopic (exact) mass is 90.0 g/mol. The maximum absolute atomic E-state index is 2.99. The Morgan fingerprint density at radius 3 is 2.67 bits per heavy atom. The second kappa shape index (κ2) is 3.44. The minimum Gasteiger partial charge on any atom is -1.00 e. The molecule has 6 heavy (non-hydrogen) atoms. The number of hydrogen-bond donors (Lipinski definition) is 0. The zero-order valence-electron chi connectivity index (χ0n) is 4.65. The third-order valence-electron chi connectivity index (χ3n) is 0.586. The molecule has 1 aliphatic rings. The molecule has 0 atom stereocenters. The van der Waals surface area contributed by atoms with Gasteiger partial charge in [0.2, 0.25) is 0 Å². The Labute approximate surface area is 55.6 Å². The minimum absolute atomic E-state index is 0. The SMILES string of the molecule is [C-]1=CC=CC1.[H-].[Mg+2]. The first-order chi connectivity index (χ1) is 2.50. The molecule has 0 N–H and O–H groups in total. The van der Waals surface area contributed by atoms with Crippen molar-refractivity contribution >= 4 is 23.1 Å². The van der Waals surface area contributed by atoms with Gasteiger partial charge >= 0.3 is 23.1 Å². The molecule has 0 fully saturated rings. The first-order valence-electron chi connectivity index (χ1n) is 1.72. The van der Waals surface area contributed by atoms with Crippen molar-refractivity contribution in [3.05, 3.63) is 24.3 Å². The molecule has 28 valence electrons. The fourth-order valence-corrected chi connectivity index (χ4v) is 0.340. The largest absolute Gasteiger partial charge is 2.00 e. The van der Waals surface area contributed by atoms with Gasteiger partial charge in [-0.25, -0.2) is 12.2 Å². The zero-order valence-corrected chi connectivity index (χ0v) is 5.06. The third-order valence-corrected chi connectivity index (χ3v) is 0.586. The van der Waals surface area contributed by atoms with E-state index in [-0.39, 0.29) is 24.5 Å². The molecule has 1 aliphatic carbocycles. The van der Waals surface area contributed by atoms with Gasteiger partial charge in [-0.1, -0.05) is 0 Å². The van der Waals surface area contributed by atoms with E-state index in [0.29, 0.717) is 0 Å². The molecule has 0 aromatic carbocycles. The van der Waals surface area contributed by atoms with Crippen LogP contribution in [0, 0.1) is 6.08 Å². The molecule has 0 saturated carbocycles. The van der Waals surface area contributed by atoms with Crippen LogP contribution < -0.4 is 0 Å². The molecule has 0 nitrogen and oxygen atoms in total. The van der Waals surface area contributed by atoms with Gasteiger partial charge in [-0.15, -0.1) is 6.42 Å². The van der Waals surface area contributed by atoms with Gasteiger partial charge in [-0.3, -0.25) is 6.08 Å². The summed E-state index contributed by atoms with van der Waals surface area (Å²) in [7, 11) is 0. The van der Waals surface area contributed by atoms with Gasteiger partial charge in [0.05, 0.1) is 0 Å². The van der Waals surface area contributed by atoms with E-state index < -0.39 is 0 Å². The van der Waals surface area contributed by atoms with Gasteiger partial charge in [-0.2, -0.15) is 6.08 Å². The normalized spacial score (nSPS) is 14.7. The van der Waals surface area contributed by atoms with Crippen LogP contribution in [0.15, 0.2) is 18.2 Å². The fourth-order valence-electron chi connectivity index (χ4n) is 0.340. The van der Waals surface area contributed by atoms with Crippen LogP contribution in [0.5, 0.6) is 0 Å². The first kappa shape index (κ1) is 6.25. The Hall–Kier alpha value is 0.246. The van der Waals surface area contributed by atoms with Gasteiger partial charge in [0, 0.05) is 0 Å². The number of hydrogen-bond acceptors (Lipinski definition) is 0. The molecular formula is C5H6Mg. The maximum atomic E-state index is 2.99. The molecule has 0 spiro atoms. The van der Waals surface area contributed by atoms with E-state index in [1.165, 1.54) is 0 Å². The topological polar surface area (TPSA) is 0 Å². The average molecular weight is 90.4 g/mol. The summed E-state index contributed by atoms with van der Waals surface area (Å²) in [6.07, 6.45) is 10.0. The predicted molar refractivity (Wildman–Crippen MR) is 28.4 cm³/mol. The smallest absolute Gasteiger partial charge is 1.00 e. The molecule has 1 heteroatoms. The van der Waals surface area contributed by atoms with Crippen LogP contribution in [-0.2, 0) is 0 Å². The van der Waals surface area contributed by atoms with Gasteiger partial charge in [-0.05, 0) is 0 Å². The van der Waals surface area contributed by atoms with Crippen molar-refractivity contribution in [3.63, 3.8) is 0 Å². The van der Waals surface area contributed by atoms with Crippen LogP contribution in [0.3, 0.4) is 0 Å². The molecule has 0 aromatic heterocycles. The average Bonchev–Trinajstić information content (AvgIpc) is 1.76. The zero-order chi connectivity index (χ0) is 3.54. The van der Waals surface area contributed by atoms with Gasteiger partial charge in [0.1, 0.15) is 0 Å². The molecule has 0 amide bonds. The molecule has 0 aromatic rings. The van der Waals surface area contributed by atoms with Crippen molar-refractivity contribution in [1.29, 1.82) is 0 Å². The molecule has 1 rings (SSSR count). The Kier molecular flexibility index (Phi) is 3.58. The second-order valence-corrected chi connectivity index (χ2v) is 1.00. The van der Waals surface area contributed by atoms with E-state index >= 15 is 0 Å². The first-order valence-corrected chi connectivity index (χ1v) is 1.72. The fraction of sp³-hybridized carbons (Fsp3) is 0.200. The summed E-state index contributed by atoms with van der Waals surface area (Å²) < 4.78 is 0. The summed E-state index contributed by atoms with van der Waals surface area (Å²) in [5, 5.41) is 0. The molecular weight excluding hydrogens is 84.4 g/mol. The quantitative estimate of drug-likeness (QED) is 0.308. The van der Waals surface area contributed by atoms with Crippen molar-refractivity contribution in [2.45, 2.75) is 6.42 Å². The summed E-state index contributed by atoms with van der Waals surface area (Å²) in [4.78, 5) is 0. The molecule has 0 unspecified atom stereocenters. The minimum atomic E-state index is 0. The Bertz CT molecular complexity index is 66.1. The predicted octanol–water partition coefficient (Wildman–Crippen LogP) is 1.04. The van der Waals surface area contributed by atoms with Crippen LogP contribution in [0.4, 0.5) is 0 Å². The van der Waals surface area contributed by atoms with E-state index in [0.717, 1.165) is 6.42 Å². The molecule has 0 heterocycles. The summed E-state index contributed by atoms with van der Waals surface area (Å²) >= 11 is 0. The number of rotatable bonds is 0. The van der Waals surface area contributed by atoms with Crippen molar-refractivity contribution < 1.29 is 1.43 Å². The van der Waals surface area contributed by atoms with Crippen molar-refractivity contribution in [2.24, 2.45) is 0 Å². The second-order valence-electron chi connectivity index (χ2n) is 1.00. The van der Waals surface area contributed by atoms with Crippen molar-refractivity contribution in [1.82, 2.24) is 0 Å². The summed E-state index contributed by atoms with van der Waals surface area (Å²) in [5.41, 5.74) is 0. The van der Waals surface area contributed by atoms with Crippen LogP contribution >= 0.6 is 0 Å². The maximum Gasteiger partial charge on any atom is 2.00 e. The van der Waals surface area contributed by atoms with Crippen molar-refractivity contribution in [3.8, 4) is 0 Å². The standard InChI is InChI=1S/C5H5.Mg.H/c1-2-4-5-3-1;;/h1-3H,4H2;;/q-1;+2;-1. The van der Waals surface area contributed by atoms with Gasteiger partial charge in [0.15, 0.2) is 0 Å². The molecule has 0 bridgehead atoms. The van der Waals surface area contributed by atoms with E-state index in [1.54, 1.807) is 0 Å². The third kappa shape index (κ3) is 1.63. The van der Waals surface area contributed by atoms with E-state index in [9.17, 15) is 0 Å². The van der Waals surface area contributed by atoms with Crippen LogP contribution in [0.2, 0.25) is 0 Å². The Morgan fingerprint density at radius 1 is 1.67 bits per heavy atom. The number of allylic oxidation sites excluding steroid dienone is 4. The van der Waals surface area contributed by atoms with Crippen LogP contribution in [0.25, 0.3) is 0 Å². The molecule has 0 aliphatic heterocycles. The van der Waals surface area contributed by atoms with Crippen LogP contribution in [-0.4, -0.2) is 23.1 Å². The van der Waals surface area contributed by atoms with E-state index in [4.69, 9.17) is 0 Å². The van der Waals surface area contributed by atoms with Gasteiger partial charge < -0.3 is 1.43 Å². The van der Waals surface area contributed by atoms with E-state index in [2.05, 4.69) is 12.2 Å². The summed E-state index contributed by atoms with van der Waals surface area (Å²) in [6.45, 7) is 0. The molecule has 0 radical (unpaired) electrons. The van der Waals surface area contributed by atoms with E-state index in [1.807, 2.05) is 12.2 Å². The Balaban J connectivity index is 0. The molecule has 0 saturated heterocycles. The van der Waals surface area contributed by atoms with Gasteiger partial charge in [0.25, 0.3) is 0 Å². The van der Waals surface area contributed by atoms with Crippen LogP contribution in [0.1, 0.15) is 7.85 Å². The summed E-state index contributed by atoms with van der Waals surface area (Å²) in [6, 6.07) is 0.